The second-order valence-corrected chi connectivity index (χ2v) is 18.7. The predicted octanol–water partition coefficient (Wildman–Crippen LogP) is 9.03. The summed E-state index contributed by atoms with van der Waals surface area (Å²) in [5.41, 5.74) is 2.73. The summed E-state index contributed by atoms with van der Waals surface area (Å²) >= 11 is 0. The van der Waals surface area contributed by atoms with Crippen molar-refractivity contribution in [3.05, 3.63) is 35.4 Å². The number of hydrogen-bond donors (Lipinski definition) is 2. The molecule has 1 unspecified atom stereocenters. The van der Waals surface area contributed by atoms with Gasteiger partial charge in [0.15, 0.2) is 0 Å². The molecule has 0 spiro atoms. The van der Waals surface area contributed by atoms with E-state index in [2.05, 4.69) is 84.9 Å². The van der Waals surface area contributed by atoms with Crippen LogP contribution in [-0.4, -0.2) is 48.1 Å². The monoisotopic (exact) mass is 632 g/mol. The van der Waals surface area contributed by atoms with E-state index in [1.54, 1.807) is 0 Å². The number of carbonyl (C=O) groups excluding carboxylic acids is 1. The molecule has 0 aliphatic heterocycles. The largest absolute Gasteiger partial charge is 0.478 e. The molecule has 1 aromatic carbocycles. The highest BCUT2D eigenvalue weighted by Crippen LogP contribution is 2.77. The number of carboxylic acids is 1. The lowest BCUT2D eigenvalue weighted by molar-refractivity contribution is -0.235. The van der Waals surface area contributed by atoms with E-state index in [-0.39, 0.29) is 22.3 Å². The Bertz CT molecular complexity index is 1320. The van der Waals surface area contributed by atoms with Crippen LogP contribution in [0, 0.1) is 57.2 Å². The van der Waals surface area contributed by atoms with Crippen molar-refractivity contribution in [1.82, 2.24) is 10.2 Å². The second-order valence-electron chi connectivity index (χ2n) is 18.7. The van der Waals surface area contributed by atoms with Crippen LogP contribution in [0.5, 0.6) is 0 Å². The summed E-state index contributed by atoms with van der Waals surface area (Å²) in [5.74, 6) is 3.84. The molecule has 5 fully saturated rings. The van der Waals surface area contributed by atoms with Crippen LogP contribution in [0.3, 0.4) is 0 Å². The van der Waals surface area contributed by atoms with Gasteiger partial charge in [0.1, 0.15) is 0 Å². The minimum atomic E-state index is -0.846. The van der Waals surface area contributed by atoms with E-state index in [1.165, 1.54) is 56.9 Å². The first kappa shape index (κ1) is 34.0. The van der Waals surface area contributed by atoms with Gasteiger partial charge in [0, 0.05) is 18.5 Å². The summed E-state index contributed by atoms with van der Waals surface area (Å²) in [6.45, 7) is 18.9. The minimum absolute atomic E-state index is 0.0248. The predicted molar refractivity (Wildman–Crippen MR) is 187 cm³/mol. The number of rotatable bonds is 7. The average molecular weight is 633 g/mol. The maximum atomic E-state index is 13.4. The molecule has 5 saturated carbocycles. The van der Waals surface area contributed by atoms with Crippen LogP contribution in [0.25, 0.3) is 0 Å². The van der Waals surface area contributed by atoms with Gasteiger partial charge in [-0.25, -0.2) is 4.79 Å². The van der Waals surface area contributed by atoms with Crippen LogP contribution < -0.4 is 5.32 Å². The van der Waals surface area contributed by atoms with E-state index in [0.29, 0.717) is 58.3 Å². The summed E-state index contributed by atoms with van der Waals surface area (Å²) in [7, 11) is 4.12. The molecule has 46 heavy (non-hydrogen) atoms. The summed E-state index contributed by atoms with van der Waals surface area (Å²) in [4.78, 5) is 27.1. The van der Waals surface area contributed by atoms with Crippen molar-refractivity contribution in [2.24, 2.45) is 57.2 Å². The third kappa shape index (κ3) is 5.02. The first-order valence-electron chi connectivity index (χ1n) is 18.8. The number of carbonyl (C=O) groups is 2. The Labute approximate surface area is 280 Å². The van der Waals surface area contributed by atoms with Crippen LogP contribution in [0.4, 0.5) is 0 Å². The normalized spacial score (nSPS) is 42.9. The lowest BCUT2D eigenvalue weighted by Crippen LogP contribution is -2.68. The number of nitrogens with zero attached hydrogens (tertiary/aromatic N) is 1. The van der Waals surface area contributed by atoms with Crippen LogP contribution in [0.1, 0.15) is 141 Å². The number of carboxylic acid groups (broad SMARTS) is 1. The molecule has 0 heterocycles. The average Bonchev–Trinajstić information content (AvgIpc) is 3.36. The molecule has 1 amide bonds. The van der Waals surface area contributed by atoms with E-state index in [4.69, 9.17) is 0 Å². The van der Waals surface area contributed by atoms with Gasteiger partial charge in [-0.1, -0.05) is 60.6 Å². The highest BCUT2D eigenvalue weighted by atomic mass is 16.4. The Morgan fingerprint density at radius 1 is 0.848 bits per heavy atom. The first-order valence-corrected chi connectivity index (χ1v) is 18.8. The van der Waals surface area contributed by atoms with Crippen LogP contribution in [-0.2, 0) is 4.79 Å². The van der Waals surface area contributed by atoms with Gasteiger partial charge in [0.2, 0.25) is 5.91 Å². The summed E-state index contributed by atoms with van der Waals surface area (Å²) in [6.07, 6.45) is 13.1. The maximum Gasteiger partial charge on any atom is 0.335 e. The van der Waals surface area contributed by atoms with Gasteiger partial charge in [-0.15, -0.1) is 0 Å². The smallest absolute Gasteiger partial charge is 0.335 e. The van der Waals surface area contributed by atoms with Crippen molar-refractivity contribution in [3.63, 3.8) is 0 Å². The van der Waals surface area contributed by atoms with E-state index in [0.717, 1.165) is 25.3 Å². The van der Waals surface area contributed by atoms with Crippen molar-refractivity contribution in [2.75, 3.05) is 20.6 Å². The van der Waals surface area contributed by atoms with E-state index >= 15 is 0 Å². The maximum absolute atomic E-state index is 13.4. The molecule has 0 bridgehead atoms. The summed E-state index contributed by atoms with van der Waals surface area (Å²) in [6, 6.07) is 7.81. The van der Waals surface area contributed by atoms with E-state index in [9.17, 15) is 14.7 Å². The molecule has 1 aromatic rings. The molecule has 5 heteroatoms. The second kappa shape index (κ2) is 11.6. The van der Waals surface area contributed by atoms with Gasteiger partial charge >= 0.3 is 5.97 Å². The van der Waals surface area contributed by atoms with Gasteiger partial charge in [-0.3, -0.25) is 4.79 Å². The molecule has 5 aliphatic carbocycles. The molecule has 0 aromatic heterocycles. The van der Waals surface area contributed by atoms with Crippen molar-refractivity contribution in [1.29, 1.82) is 0 Å². The summed E-state index contributed by atoms with van der Waals surface area (Å²) in [5, 5.41) is 13.2. The number of hydrogen-bond acceptors (Lipinski definition) is 3. The minimum Gasteiger partial charge on any atom is -0.478 e. The SMILES string of the molecule is CC(C)C1CC[C@]2(NC(=O)CCN(C)C)CC[C@]3(C)[C@H](CC[C@@H]4[C@@]5(C)CC[C@@H](c6ccc(C(=O)O)cc6)C(C)(C)[C@@H]5CC[C@]43C)[C@@H]12. The van der Waals surface area contributed by atoms with Gasteiger partial charge in [0.25, 0.3) is 0 Å². The highest BCUT2D eigenvalue weighted by molar-refractivity contribution is 5.87. The van der Waals surface area contributed by atoms with E-state index < -0.39 is 5.97 Å². The van der Waals surface area contributed by atoms with Crippen molar-refractivity contribution in [3.8, 4) is 0 Å². The van der Waals surface area contributed by atoms with Crippen LogP contribution in [0.2, 0.25) is 0 Å². The van der Waals surface area contributed by atoms with Crippen molar-refractivity contribution < 1.29 is 14.7 Å². The fraction of sp³-hybridized carbons (Fsp3) is 0.805. The third-order valence-corrected chi connectivity index (χ3v) is 16.1. The zero-order chi connectivity index (χ0) is 33.4. The highest BCUT2D eigenvalue weighted by Gasteiger charge is 2.71. The zero-order valence-corrected chi connectivity index (χ0v) is 30.5. The third-order valence-electron chi connectivity index (χ3n) is 16.1. The Kier molecular flexibility index (Phi) is 8.59. The molecule has 10 atom stereocenters. The Morgan fingerprint density at radius 3 is 2.17 bits per heavy atom. The first-order chi connectivity index (χ1) is 21.5. The van der Waals surface area contributed by atoms with Crippen LogP contribution in [0.15, 0.2) is 24.3 Å². The molecule has 5 aliphatic rings. The Hall–Kier alpha value is -1.88. The number of aromatic carboxylic acids is 1. The number of fused-ring (bicyclic) bond motifs is 7. The Balaban J connectivity index is 1.29. The zero-order valence-electron chi connectivity index (χ0n) is 30.5. The fourth-order valence-corrected chi connectivity index (χ4v) is 13.7. The number of nitrogens with one attached hydrogen (secondary N) is 1. The van der Waals surface area contributed by atoms with Crippen LogP contribution >= 0.6 is 0 Å². The van der Waals surface area contributed by atoms with Crippen molar-refractivity contribution in [2.45, 2.75) is 131 Å². The summed E-state index contributed by atoms with van der Waals surface area (Å²) < 4.78 is 0. The lowest BCUT2D eigenvalue weighted by Gasteiger charge is -2.73. The molecule has 256 valence electrons. The number of benzene rings is 1. The molecule has 0 saturated heterocycles. The standard InChI is InChI=1S/C41H64N2O3/c1-26(2)29-16-22-41(42-34(44)19-25-43(8)9)24-23-39(6)31(35(29)41)14-15-33-38(5)20-17-30(27-10-12-28(13-11-27)36(45)46)37(3,4)32(38)18-21-40(33,39)7/h10-13,26,29-33,35H,14-25H2,1-9H3,(H,42,44)(H,45,46)/t29?,30-,31+,32-,33+,35+,38-,39+,40+,41-/m0/s1. The number of amides is 1. The topological polar surface area (TPSA) is 69.6 Å². The van der Waals surface area contributed by atoms with Gasteiger partial charge in [-0.05, 0) is 159 Å². The van der Waals surface area contributed by atoms with Crippen molar-refractivity contribution >= 4 is 11.9 Å². The molecule has 2 N–H and O–H groups in total. The fourth-order valence-electron chi connectivity index (χ4n) is 13.7. The quantitative estimate of drug-likeness (QED) is 0.315. The molecule has 5 nitrogen and oxygen atoms in total. The Morgan fingerprint density at radius 2 is 1.54 bits per heavy atom. The lowest BCUT2D eigenvalue weighted by atomic mass is 9.32. The molecular formula is C41H64N2O3. The molecular weight excluding hydrogens is 568 g/mol. The van der Waals surface area contributed by atoms with Gasteiger partial charge in [-0.2, -0.15) is 0 Å². The molecule has 6 rings (SSSR count). The van der Waals surface area contributed by atoms with Gasteiger partial charge in [0.05, 0.1) is 5.56 Å². The van der Waals surface area contributed by atoms with E-state index in [1.807, 2.05) is 12.1 Å². The van der Waals surface area contributed by atoms with Gasteiger partial charge < -0.3 is 15.3 Å². The molecule has 0 radical (unpaired) electrons.